The summed E-state index contributed by atoms with van der Waals surface area (Å²) >= 11 is 0. The van der Waals surface area contributed by atoms with Crippen LogP contribution in [-0.4, -0.2) is 60.7 Å². The average Bonchev–Trinajstić information content (AvgIpc) is 3.46. The second kappa shape index (κ2) is 10.6. The minimum atomic E-state index is -4.60. The Bertz CT molecular complexity index is 1800. The number of carbonyl (C=O) groups is 2. The third kappa shape index (κ3) is 5.85. The summed E-state index contributed by atoms with van der Waals surface area (Å²) in [5.74, 6) is -1.41. The first kappa shape index (κ1) is 30.6. The summed E-state index contributed by atoms with van der Waals surface area (Å²) < 4.78 is 79.7. The Labute approximate surface area is 252 Å². The summed E-state index contributed by atoms with van der Waals surface area (Å²) in [5.41, 5.74) is 3.06. The maximum atomic E-state index is 13.8. The van der Waals surface area contributed by atoms with Crippen LogP contribution in [-0.2, 0) is 6.18 Å². The Morgan fingerprint density at radius 2 is 1.82 bits per heavy atom. The van der Waals surface area contributed by atoms with Gasteiger partial charge in [0.1, 0.15) is 24.0 Å². The molecule has 0 radical (unpaired) electrons. The van der Waals surface area contributed by atoms with Gasteiger partial charge in [-0.05, 0) is 69.2 Å². The van der Waals surface area contributed by atoms with Gasteiger partial charge < -0.3 is 25.6 Å². The van der Waals surface area contributed by atoms with Crippen LogP contribution in [0.4, 0.5) is 22.0 Å². The molecule has 45 heavy (non-hydrogen) atoms. The fourth-order valence-corrected chi connectivity index (χ4v) is 6.11. The number of benzene rings is 1. The lowest BCUT2D eigenvalue weighted by atomic mass is 9.53. The Morgan fingerprint density at radius 1 is 1.11 bits per heavy atom. The molecule has 4 N–H and O–H groups in total. The lowest BCUT2D eigenvalue weighted by Gasteiger charge is -2.57. The molecule has 1 aromatic carbocycles. The van der Waals surface area contributed by atoms with E-state index in [1.165, 1.54) is 18.2 Å². The van der Waals surface area contributed by atoms with Crippen LogP contribution in [0.2, 0.25) is 0 Å². The quantitative estimate of drug-likeness (QED) is 0.230. The Kier molecular flexibility index (Phi) is 7.17. The van der Waals surface area contributed by atoms with Crippen molar-refractivity contribution in [2.24, 2.45) is 11.1 Å². The minimum absolute atomic E-state index is 0.00404. The van der Waals surface area contributed by atoms with Crippen molar-refractivity contribution < 1.29 is 46.1 Å². The number of fused-ring (bicyclic) bond motifs is 2. The van der Waals surface area contributed by atoms with Crippen LogP contribution in [0, 0.1) is 5.41 Å². The van der Waals surface area contributed by atoms with E-state index in [4.69, 9.17) is 15.2 Å². The van der Waals surface area contributed by atoms with Crippen LogP contribution in [0.25, 0.3) is 16.4 Å². The summed E-state index contributed by atoms with van der Waals surface area (Å²) in [4.78, 5) is 25.2. The number of amides is 2. The van der Waals surface area contributed by atoms with Gasteiger partial charge in [-0.15, -0.1) is 5.10 Å². The summed E-state index contributed by atoms with van der Waals surface area (Å²) in [5, 5.41) is 20.8. The van der Waals surface area contributed by atoms with Crippen molar-refractivity contribution in [1.82, 2.24) is 24.7 Å². The molecule has 3 aromatic heterocycles. The maximum absolute atomic E-state index is 13.8. The second-order valence-corrected chi connectivity index (χ2v) is 12.4. The molecule has 0 bridgehead atoms. The van der Waals surface area contributed by atoms with Gasteiger partial charge in [-0.3, -0.25) is 9.59 Å². The SMILES string of the molecule is CC(C)(O)COc1ccc2c(C(=O)NC3CC4(C3)CC(Oc3nn5cc(C(F)(F)F)ccc5c3C(N)=O)C4)nn(C(F)F)c2c1. The van der Waals surface area contributed by atoms with Crippen molar-refractivity contribution in [1.29, 1.82) is 0 Å². The van der Waals surface area contributed by atoms with Gasteiger partial charge in [0.2, 0.25) is 5.88 Å². The molecule has 16 heteroatoms. The van der Waals surface area contributed by atoms with E-state index in [0.717, 1.165) is 22.8 Å². The van der Waals surface area contributed by atoms with Crippen LogP contribution in [0.15, 0.2) is 36.5 Å². The predicted molar refractivity (Wildman–Crippen MR) is 148 cm³/mol. The highest BCUT2D eigenvalue weighted by Gasteiger charge is 2.54. The van der Waals surface area contributed by atoms with Gasteiger partial charge in [0.25, 0.3) is 11.8 Å². The molecular weight excluding hydrogens is 607 g/mol. The number of nitrogens with two attached hydrogens (primary N) is 1. The van der Waals surface area contributed by atoms with E-state index in [-0.39, 0.29) is 63.5 Å². The topological polar surface area (TPSA) is 146 Å². The number of aliphatic hydroxyl groups is 1. The molecule has 3 heterocycles. The molecule has 0 unspecified atom stereocenters. The number of carbonyl (C=O) groups excluding carboxylic acids is 2. The van der Waals surface area contributed by atoms with Gasteiger partial charge in [-0.25, -0.2) is 9.20 Å². The number of halogens is 5. The maximum Gasteiger partial charge on any atom is 0.417 e. The number of aromatic nitrogens is 4. The van der Waals surface area contributed by atoms with Crippen LogP contribution in [0.5, 0.6) is 11.6 Å². The molecule has 0 aliphatic heterocycles. The van der Waals surface area contributed by atoms with E-state index < -0.39 is 35.7 Å². The van der Waals surface area contributed by atoms with Gasteiger partial charge >= 0.3 is 12.7 Å². The molecule has 240 valence electrons. The molecule has 4 aromatic rings. The highest BCUT2D eigenvalue weighted by molar-refractivity contribution is 6.05. The molecule has 2 aliphatic rings. The molecule has 2 saturated carbocycles. The molecule has 11 nitrogen and oxygen atoms in total. The fourth-order valence-electron chi connectivity index (χ4n) is 6.11. The van der Waals surface area contributed by atoms with Crippen LogP contribution < -0.4 is 20.5 Å². The predicted octanol–water partition coefficient (Wildman–Crippen LogP) is 4.47. The Balaban J connectivity index is 1.09. The highest BCUT2D eigenvalue weighted by atomic mass is 19.4. The van der Waals surface area contributed by atoms with Crippen LogP contribution >= 0.6 is 0 Å². The molecule has 1 spiro atoms. The standard InChI is InChI=1S/C29H29F5N6O5/c1-27(2,43)13-44-16-4-5-18-20(7-16)40(26(30)31)37-22(18)24(42)36-15-8-28(9-15)10-17(11-28)45-25-21(23(35)41)19-6-3-14(29(32,33)34)12-39(19)38-25/h3-7,12,15,17,26,43H,8-11,13H2,1-2H3,(H2,35,41)(H,36,42). The van der Waals surface area contributed by atoms with Gasteiger partial charge in [-0.1, -0.05) is 0 Å². The van der Waals surface area contributed by atoms with Gasteiger partial charge in [0, 0.05) is 23.7 Å². The molecule has 2 fully saturated rings. The first-order valence-electron chi connectivity index (χ1n) is 14.0. The van der Waals surface area contributed by atoms with Gasteiger partial charge in [-0.2, -0.15) is 27.1 Å². The third-order valence-corrected chi connectivity index (χ3v) is 8.14. The highest BCUT2D eigenvalue weighted by Crippen LogP contribution is 2.57. The smallest absolute Gasteiger partial charge is 0.417 e. The van der Waals surface area contributed by atoms with E-state index in [1.54, 1.807) is 13.8 Å². The zero-order valence-electron chi connectivity index (χ0n) is 24.1. The summed E-state index contributed by atoms with van der Waals surface area (Å²) in [6.07, 6.45) is -1.94. The number of ether oxygens (including phenoxy) is 2. The number of primary amides is 1. The summed E-state index contributed by atoms with van der Waals surface area (Å²) in [6, 6.07) is 6.03. The molecule has 2 aliphatic carbocycles. The van der Waals surface area contributed by atoms with Crippen molar-refractivity contribution in [3.63, 3.8) is 0 Å². The minimum Gasteiger partial charge on any atom is -0.491 e. The van der Waals surface area contributed by atoms with E-state index in [9.17, 15) is 36.6 Å². The first-order chi connectivity index (χ1) is 21.0. The van der Waals surface area contributed by atoms with E-state index in [1.807, 2.05) is 0 Å². The fraction of sp³-hybridized carbons (Fsp3) is 0.448. The molecule has 2 amide bonds. The number of alkyl halides is 5. The van der Waals surface area contributed by atoms with E-state index in [0.29, 0.717) is 30.4 Å². The first-order valence-corrected chi connectivity index (χ1v) is 14.0. The molecule has 0 saturated heterocycles. The Hall–Kier alpha value is -4.47. The number of nitrogens with zero attached hydrogens (tertiary/aromatic N) is 4. The normalized spacial score (nSPS) is 21.6. The molecule has 6 rings (SSSR count). The molecular formula is C29H29F5N6O5. The average molecular weight is 637 g/mol. The van der Waals surface area contributed by atoms with Crippen LogP contribution in [0.3, 0.4) is 0 Å². The monoisotopic (exact) mass is 636 g/mol. The lowest BCUT2D eigenvalue weighted by molar-refractivity contribution is -0.137. The van der Waals surface area contributed by atoms with Gasteiger partial charge in [0.05, 0.1) is 22.2 Å². The number of hydrogen-bond acceptors (Lipinski definition) is 7. The summed E-state index contributed by atoms with van der Waals surface area (Å²) in [7, 11) is 0. The number of nitrogens with one attached hydrogen (secondary N) is 1. The molecule has 0 atom stereocenters. The largest absolute Gasteiger partial charge is 0.491 e. The van der Waals surface area contributed by atoms with E-state index in [2.05, 4.69) is 15.5 Å². The zero-order chi connectivity index (χ0) is 32.5. The Morgan fingerprint density at radius 3 is 2.44 bits per heavy atom. The van der Waals surface area contributed by atoms with Crippen molar-refractivity contribution >= 4 is 28.2 Å². The number of rotatable bonds is 9. The van der Waals surface area contributed by atoms with Crippen molar-refractivity contribution in [3.05, 3.63) is 53.3 Å². The van der Waals surface area contributed by atoms with Crippen molar-refractivity contribution in [3.8, 4) is 11.6 Å². The number of hydrogen-bond donors (Lipinski definition) is 3. The third-order valence-electron chi connectivity index (χ3n) is 8.14. The summed E-state index contributed by atoms with van der Waals surface area (Å²) in [6.45, 7) is 0.00167. The van der Waals surface area contributed by atoms with Crippen LogP contribution in [0.1, 0.15) is 72.5 Å². The van der Waals surface area contributed by atoms with Crippen molar-refractivity contribution in [2.45, 2.75) is 70.0 Å². The number of pyridine rings is 1. The lowest BCUT2D eigenvalue weighted by Crippen LogP contribution is -2.58. The van der Waals surface area contributed by atoms with Gasteiger partial charge in [0.15, 0.2) is 5.69 Å². The second-order valence-electron chi connectivity index (χ2n) is 12.4. The van der Waals surface area contributed by atoms with Crippen molar-refractivity contribution in [2.75, 3.05) is 6.61 Å². The van der Waals surface area contributed by atoms with E-state index >= 15 is 0 Å². The zero-order valence-corrected chi connectivity index (χ0v) is 24.1.